The molecular formula is C47H74N12O14. The van der Waals surface area contributed by atoms with Gasteiger partial charge in [-0.3, -0.25) is 48.1 Å². The molecule has 9 amide bonds. The molecule has 0 bridgehead atoms. The molecule has 2 fully saturated rings. The molecule has 26 heteroatoms. The van der Waals surface area contributed by atoms with Crippen LogP contribution in [-0.2, 0) is 57.4 Å². The number of aliphatic hydroxyl groups is 1. The number of esters is 1. The molecule has 1 aromatic carbocycles. The maximum atomic E-state index is 14.8. The van der Waals surface area contributed by atoms with Crippen LogP contribution in [0.5, 0.6) is 5.75 Å². The average molecular weight is 1030 g/mol. The van der Waals surface area contributed by atoms with Gasteiger partial charge in [0.05, 0.1) is 6.10 Å². The van der Waals surface area contributed by atoms with Crippen LogP contribution >= 0.6 is 0 Å². The topological polar surface area (TPSA) is 399 Å². The van der Waals surface area contributed by atoms with Gasteiger partial charge in [-0.15, -0.1) is 0 Å². The molecule has 73 heavy (non-hydrogen) atoms. The molecule has 0 aromatic heterocycles. The van der Waals surface area contributed by atoms with E-state index in [-0.39, 0.29) is 55.4 Å². The van der Waals surface area contributed by atoms with Gasteiger partial charge in [0.25, 0.3) is 0 Å². The number of aliphatic imine (C=N–C) groups is 1. The van der Waals surface area contributed by atoms with E-state index in [4.69, 9.17) is 26.7 Å². The summed E-state index contributed by atoms with van der Waals surface area (Å²) in [6, 6.07) is -7.09. The summed E-state index contributed by atoms with van der Waals surface area (Å²) in [5.41, 5.74) is 16.8. The Morgan fingerprint density at radius 2 is 1.38 bits per heavy atom. The van der Waals surface area contributed by atoms with E-state index in [1.54, 1.807) is 27.7 Å². The summed E-state index contributed by atoms with van der Waals surface area (Å²) in [5, 5.41) is 36.3. The number of rotatable bonds is 15. The van der Waals surface area contributed by atoms with E-state index < -0.39 is 144 Å². The van der Waals surface area contributed by atoms with Gasteiger partial charge in [-0.1, -0.05) is 39.8 Å². The van der Waals surface area contributed by atoms with E-state index in [9.17, 15) is 58.2 Å². The predicted molar refractivity (Wildman–Crippen MR) is 262 cm³/mol. The van der Waals surface area contributed by atoms with Crippen LogP contribution in [0.1, 0.15) is 92.2 Å². The maximum Gasteiger partial charge on any atom is 0.328 e. The Morgan fingerprint density at radius 1 is 0.781 bits per heavy atom. The number of amides is 9. The van der Waals surface area contributed by atoms with E-state index >= 15 is 0 Å². The number of phenolic OH excluding ortho intramolecular Hbond substituents is 1. The van der Waals surface area contributed by atoms with Crippen LogP contribution in [0.3, 0.4) is 0 Å². The Labute approximate surface area is 424 Å². The second-order valence-corrected chi connectivity index (χ2v) is 19.0. The molecule has 26 nitrogen and oxygen atoms in total. The van der Waals surface area contributed by atoms with Crippen molar-refractivity contribution in [3.05, 3.63) is 29.8 Å². The van der Waals surface area contributed by atoms with Gasteiger partial charge in [0.2, 0.25) is 53.2 Å². The zero-order valence-corrected chi connectivity index (χ0v) is 43.0. The van der Waals surface area contributed by atoms with Crippen molar-refractivity contribution < 1.29 is 67.6 Å². The van der Waals surface area contributed by atoms with Crippen molar-refractivity contribution >= 4 is 65.1 Å². The Balaban J connectivity index is 2.30. The van der Waals surface area contributed by atoms with Gasteiger partial charge < -0.3 is 78.6 Å². The number of likely N-dealkylation sites (N-methyl/N-ethyl adjacent to an activating group) is 2. The summed E-state index contributed by atoms with van der Waals surface area (Å²) < 4.78 is 11.5. The number of nitrogens with two attached hydrogens (primary N) is 3. The standard InChI is InChI=1S/C47H74N12O14/c1-21(2)20-30-44(69)59(9)31(17-18-32(48)62)40(65)57-36(37(72-10)27-13-15-28(61)16-14-27)45(70)58(8)24(5)46(71)73-26(7)35(56-41(66)33-22(3)23(4)38(63)54-33)43(68)55-34(25(6)60)42(67)52-29(39(64)53-30)12-11-19-51-47(49)50/h13-16,21-26,29-31,33-37,60-61H,11-12,17-20H2,1-10H3,(H2,48,62)(H,52,67)(H,53,64)(H,54,63)(H,55,68)(H,56,66)(H,57,65)(H4,49,50,51)/t22-,23+,24-,25+,26+,29+,30-,31-,33-,34+,35+,36+,37+/m0/s1. The van der Waals surface area contributed by atoms with Crippen molar-refractivity contribution in [3.63, 3.8) is 0 Å². The number of hydrogen-bond acceptors (Lipinski definition) is 15. The van der Waals surface area contributed by atoms with E-state index in [1.807, 2.05) is 0 Å². The largest absolute Gasteiger partial charge is 0.508 e. The normalized spacial score (nSPS) is 28.2. The summed E-state index contributed by atoms with van der Waals surface area (Å²) in [7, 11) is 3.68. The van der Waals surface area contributed by atoms with Crippen LogP contribution in [0, 0.1) is 17.8 Å². The van der Waals surface area contributed by atoms with Crippen LogP contribution in [0.2, 0.25) is 0 Å². The predicted octanol–water partition coefficient (Wildman–Crippen LogP) is -3.36. The number of carbonyl (C=O) groups is 10. The highest BCUT2D eigenvalue weighted by Gasteiger charge is 2.45. The highest BCUT2D eigenvalue weighted by molar-refractivity contribution is 5.99. The van der Waals surface area contributed by atoms with Crippen LogP contribution in [0.15, 0.2) is 29.3 Å². The zero-order chi connectivity index (χ0) is 55.2. The lowest BCUT2D eigenvalue weighted by Gasteiger charge is -2.36. The molecule has 1 aromatic rings. The van der Waals surface area contributed by atoms with Crippen molar-refractivity contribution in [3.8, 4) is 5.75 Å². The number of nitrogens with zero attached hydrogens (tertiary/aromatic N) is 3. The molecule has 14 N–H and O–H groups in total. The van der Waals surface area contributed by atoms with E-state index in [0.29, 0.717) is 0 Å². The molecule has 2 saturated heterocycles. The monoisotopic (exact) mass is 1030 g/mol. The number of nitrogens with one attached hydrogen (secondary N) is 6. The van der Waals surface area contributed by atoms with Crippen LogP contribution in [0.4, 0.5) is 0 Å². The summed E-state index contributed by atoms with van der Waals surface area (Å²) in [4.78, 5) is 145. The lowest BCUT2D eigenvalue weighted by atomic mass is 9.93. The van der Waals surface area contributed by atoms with Gasteiger partial charge in [-0.05, 0) is 76.0 Å². The van der Waals surface area contributed by atoms with Crippen LogP contribution in [-0.4, -0.2) is 173 Å². The number of aromatic hydroxyl groups is 1. The van der Waals surface area contributed by atoms with Gasteiger partial charge >= 0.3 is 5.97 Å². The Kier molecular flexibility index (Phi) is 22.4. The van der Waals surface area contributed by atoms with Crippen molar-refractivity contribution in [2.45, 2.75) is 147 Å². The fourth-order valence-electron chi connectivity index (χ4n) is 8.28. The lowest BCUT2D eigenvalue weighted by Crippen LogP contribution is -2.63. The van der Waals surface area contributed by atoms with Gasteiger partial charge in [-0.2, -0.15) is 0 Å². The third-order valence-electron chi connectivity index (χ3n) is 13.0. The number of aliphatic hydroxyl groups excluding tert-OH is 1. The first-order chi connectivity index (χ1) is 34.1. The van der Waals surface area contributed by atoms with Crippen molar-refractivity contribution in [1.82, 2.24) is 41.7 Å². The number of benzene rings is 1. The number of carbonyl (C=O) groups excluding carboxylic acids is 10. The van der Waals surface area contributed by atoms with Gasteiger partial charge in [0.15, 0.2) is 5.96 Å². The molecule has 406 valence electrons. The number of phenols is 1. The van der Waals surface area contributed by atoms with Crippen molar-refractivity contribution in [2.24, 2.45) is 39.9 Å². The Hall–Kier alpha value is -7.09. The zero-order valence-electron chi connectivity index (χ0n) is 43.0. The quantitative estimate of drug-likeness (QED) is 0.0354. The van der Waals surface area contributed by atoms with E-state index in [0.717, 1.165) is 16.7 Å². The fourth-order valence-corrected chi connectivity index (χ4v) is 8.28. The molecule has 0 spiro atoms. The molecule has 0 saturated carbocycles. The number of cyclic esters (lactones) is 1. The summed E-state index contributed by atoms with van der Waals surface area (Å²) in [6.45, 7) is 10.4. The smallest absolute Gasteiger partial charge is 0.328 e. The molecule has 2 aliphatic heterocycles. The lowest BCUT2D eigenvalue weighted by molar-refractivity contribution is -0.161. The second kappa shape index (κ2) is 27.1. The third-order valence-corrected chi connectivity index (χ3v) is 13.0. The van der Waals surface area contributed by atoms with Crippen LogP contribution in [0.25, 0.3) is 0 Å². The summed E-state index contributed by atoms with van der Waals surface area (Å²) in [6.07, 6.45) is -5.55. The van der Waals surface area contributed by atoms with Crippen LogP contribution < -0.4 is 49.1 Å². The first kappa shape index (κ1) is 60.2. The molecule has 13 atom stereocenters. The molecule has 2 heterocycles. The Morgan fingerprint density at radius 3 is 1.92 bits per heavy atom. The first-order valence-electron chi connectivity index (χ1n) is 24.0. The summed E-state index contributed by atoms with van der Waals surface area (Å²) in [5.74, 6) is -11.1. The number of primary amides is 1. The van der Waals surface area contributed by atoms with E-state index in [1.165, 1.54) is 59.3 Å². The molecule has 2 aliphatic rings. The van der Waals surface area contributed by atoms with E-state index in [2.05, 4.69) is 36.9 Å². The first-order valence-corrected chi connectivity index (χ1v) is 24.0. The third kappa shape index (κ3) is 16.5. The number of guanidine groups is 1. The number of ether oxygens (including phenoxy) is 2. The molecule has 0 aliphatic carbocycles. The molecular weight excluding hydrogens is 957 g/mol. The fraction of sp³-hybridized carbons (Fsp3) is 0.638. The second-order valence-electron chi connectivity index (χ2n) is 19.0. The average Bonchev–Trinajstić information content (AvgIpc) is 3.58. The highest BCUT2D eigenvalue weighted by atomic mass is 16.5. The maximum absolute atomic E-state index is 14.8. The number of hydrogen-bond donors (Lipinski definition) is 11. The molecule has 0 unspecified atom stereocenters. The minimum Gasteiger partial charge on any atom is -0.508 e. The number of methoxy groups -OCH3 is 1. The van der Waals surface area contributed by atoms with Gasteiger partial charge in [0.1, 0.15) is 66.3 Å². The van der Waals surface area contributed by atoms with Crippen molar-refractivity contribution in [1.29, 1.82) is 0 Å². The van der Waals surface area contributed by atoms with Gasteiger partial charge in [-0.25, -0.2) is 4.79 Å². The molecule has 0 radical (unpaired) electrons. The highest BCUT2D eigenvalue weighted by Crippen LogP contribution is 2.27. The minimum absolute atomic E-state index is 0.0162. The minimum atomic E-state index is -1.85. The van der Waals surface area contributed by atoms with Gasteiger partial charge in [0, 0.05) is 40.1 Å². The SMILES string of the molecule is CO[C@H](c1ccc(O)cc1)[C@H]1NC(=O)[C@H](CCC(N)=O)N(C)C(=O)[C@H](CC(C)C)NC(=O)[C@@H](CCCN=C(N)N)NC(=O)[C@@H]([C@@H](C)O)NC(=O)[C@H](NC(=O)[C@H]2NC(=O)[C@H](C)[C@@H]2C)[C@@H](C)OC(=O)[C@H](C)N(C)C1=O. The van der Waals surface area contributed by atoms with Crippen molar-refractivity contribution in [2.75, 3.05) is 27.7 Å². The molecule has 3 rings (SSSR count). The Bertz CT molecular complexity index is 2210. The summed E-state index contributed by atoms with van der Waals surface area (Å²) >= 11 is 0.